The summed E-state index contributed by atoms with van der Waals surface area (Å²) < 4.78 is 0. The number of aliphatic hydroxyl groups is 1. The van der Waals surface area contributed by atoms with E-state index in [2.05, 4.69) is 6.58 Å². The molecule has 0 aliphatic heterocycles. The molecule has 0 bridgehead atoms. The average molecular weight is 115 g/mol. The average Bonchev–Trinajstić information content (AvgIpc) is 1.83. The highest BCUT2D eigenvalue weighted by atomic mass is 16.3. The summed E-state index contributed by atoms with van der Waals surface area (Å²) in [7, 11) is 0. The van der Waals surface area contributed by atoms with Gasteiger partial charge in [-0.05, 0) is 6.54 Å². The predicted octanol–water partition coefficient (Wildman–Crippen LogP) is 0.444. The van der Waals surface area contributed by atoms with Gasteiger partial charge < -0.3 is 5.11 Å². The van der Waals surface area contributed by atoms with E-state index in [1.54, 1.807) is 6.08 Å². The van der Waals surface area contributed by atoms with E-state index in [1.165, 1.54) is 0 Å². The van der Waals surface area contributed by atoms with Crippen LogP contribution in [0.5, 0.6) is 0 Å². The molecule has 2 heteroatoms. The summed E-state index contributed by atoms with van der Waals surface area (Å²) in [4.78, 5) is 1.87. The number of rotatable bonds is 4. The van der Waals surface area contributed by atoms with Crippen molar-refractivity contribution in [2.45, 2.75) is 6.92 Å². The van der Waals surface area contributed by atoms with Crippen molar-refractivity contribution in [3.63, 3.8) is 0 Å². The van der Waals surface area contributed by atoms with Gasteiger partial charge in [0.05, 0.1) is 6.73 Å². The maximum Gasteiger partial charge on any atom is 0.0959 e. The third-order valence-corrected chi connectivity index (χ3v) is 1.03. The number of hydrogen-bond donors (Lipinski definition) is 1. The molecule has 0 aliphatic carbocycles. The van der Waals surface area contributed by atoms with Gasteiger partial charge in [0.25, 0.3) is 0 Å². The number of hydrogen-bond acceptors (Lipinski definition) is 2. The first kappa shape index (κ1) is 7.66. The molecule has 0 fully saturated rings. The molecular weight excluding hydrogens is 102 g/mol. The number of nitrogens with zero attached hydrogens (tertiary/aromatic N) is 1. The molecule has 0 rings (SSSR count). The van der Waals surface area contributed by atoms with E-state index in [0.717, 1.165) is 13.1 Å². The van der Waals surface area contributed by atoms with E-state index in [1.807, 2.05) is 11.8 Å². The van der Waals surface area contributed by atoms with E-state index < -0.39 is 0 Å². The lowest BCUT2D eigenvalue weighted by molar-refractivity contribution is 0.124. The van der Waals surface area contributed by atoms with Crippen LogP contribution in [-0.2, 0) is 0 Å². The van der Waals surface area contributed by atoms with Crippen LogP contribution in [0.4, 0.5) is 0 Å². The fourth-order valence-corrected chi connectivity index (χ4v) is 0.469. The Kier molecular flexibility index (Phi) is 4.61. The van der Waals surface area contributed by atoms with E-state index in [9.17, 15) is 0 Å². The minimum Gasteiger partial charge on any atom is -0.381 e. The van der Waals surface area contributed by atoms with Crippen molar-refractivity contribution in [2.75, 3.05) is 19.8 Å². The predicted molar refractivity (Wildman–Crippen MR) is 34.5 cm³/mol. The van der Waals surface area contributed by atoms with Crippen molar-refractivity contribution >= 4 is 0 Å². The van der Waals surface area contributed by atoms with Gasteiger partial charge in [-0.1, -0.05) is 13.0 Å². The maximum atomic E-state index is 8.54. The molecule has 0 atom stereocenters. The number of likely N-dealkylation sites (N-methyl/N-ethyl adjacent to an activating group) is 1. The zero-order valence-corrected chi connectivity index (χ0v) is 5.30. The van der Waals surface area contributed by atoms with Crippen LogP contribution in [0.3, 0.4) is 0 Å². The van der Waals surface area contributed by atoms with Gasteiger partial charge in [0.2, 0.25) is 0 Å². The van der Waals surface area contributed by atoms with E-state index >= 15 is 0 Å². The van der Waals surface area contributed by atoms with Gasteiger partial charge >= 0.3 is 0 Å². The van der Waals surface area contributed by atoms with Gasteiger partial charge in [-0.2, -0.15) is 0 Å². The Morgan fingerprint density at radius 3 is 2.50 bits per heavy atom. The summed E-state index contributed by atoms with van der Waals surface area (Å²) in [5, 5.41) is 8.54. The van der Waals surface area contributed by atoms with Crippen molar-refractivity contribution in [1.29, 1.82) is 0 Å². The standard InChI is InChI=1S/C6H13NO/c1-3-5-7(4-2)6-8/h3,8H,1,4-6H2,2H3. The van der Waals surface area contributed by atoms with Crippen molar-refractivity contribution in [1.82, 2.24) is 4.90 Å². The van der Waals surface area contributed by atoms with Crippen molar-refractivity contribution in [3.05, 3.63) is 12.7 Å². The smallest absolute Gasteiger partial charge is 0.0959 e. The Labute approximate surface area is 50.4 Å². The zero-order valence-electron chi connectivity index (χ0n) is 5.30. The highest BCUT2D eigenvalue weighted by Crippen LogP contribution is 1.82. The minimum atomic E-state index is 0.127. The molecular formula is C6H13NO. The fourth-order valence-electron chi connectivity index (χ4n) is 0.469. The lowest BCUT2D eigenvalue weighted by Crippen LogP contribution is -2.23. The Balaban J connectivity index is 3.20. The zero-order chi connectivity index (χ0) is 6.41. The Bertz CT molecular complexity index is 59.5. The van der Waals surface area contributed by atoms with Gasteiger partial charge in [0.1, 0.15) is 0 Å². The molecule has 0 saturated heterocycles. The van der Waals surface area contributed by atoms with Crippen LogP contribution in [0.2, 0.25) is 0 Å². The van der Waals surface area contributed by atoms with Gasteiger partial charge in [0.15, 0.2) is 0 Å². The topological polar surface area (TPSA) is 23.5 Å². The fraction of sp³-hybridized carbons (Fsp3) is 0.667. The van der Waals surface area contributed by atoms with Crippen molar-refractivity contribution < 1.29 is 5.11 Å². The second-order valence-electron chi connectivity index (χ2n) is 1.60. The van der Waals surface area contributed by atoms with E-state index in [4.69, 9.17) is 5.11 Å². The summed E-state index contributed by atoms with van der Waals surface area (Å²) in [6.07, 6.45) is 1.78. The Hall–Kier alpha value is -0.340. The summed E-state index contributed by atoms with van der Waals surface area (Å²) in [6.45, 7) is 7.32. The summed E-state index contributed by atoms with van der Waals surface area (Å²) in [6, 6.07) is 0. The minimum absolute atomic E-state index is 0.127. The second-order valence-corrected chi connectivity index (χ2v) is 1.60. The van der Waals surface area contributed by atoms with Crippen LogP contribution in [-0.4, -0.2) is 29.8 Å². The molecule has 0 heterocycles. The van der Waals surface area contributed by atoms with Crippen molar-refractivity contribution in [3.8, 4) is 0 Å². The molecule has 0 aromatic heterocycles. The van der Waals surface area contributed by atoms with Crippen LogP contribution in [0.15, 0.2) is 12.7 Å². The second kappa shape index (κ2) is 4.81. The normalized spacial score (nSPS) is 9.88. The number of aliphatic hydroxyl groups excluding tert-OH is 1. The largest absolute Gasteiger partial charge is 0.381 e. The first-order chi connectivity index (χ1) is 3.85. The Morgan fingerprint density at radius 1 is 1.75 bits per heavy atom. The molecule has 0 aromatic rings. The van der Waals surface area contributed by atoms with Crippen LogP contribution in [0.25, 0.3) is 0 Å². The van der Waals surface area contributed by atoms with Gasteiger partial charge in [-0.15, -0.1) is 6.58 Å². The molecule has 0 unspecified atom stereocenters. The molecule has 0 spiro atoms. The molecule has 0 aliphatic rings. The van der Waals surface area contributed by atoms with Crippen LogP contribution < -0.4 is 0 Å². The third-order valence-electron chi connectivity index (χ3n) is 1.03. The molecule has 0 aromatic carbocycles. The van der Waals surface area contributed by atoms with Crippen LogP contribution >= 0.6 is 0 Å². The summed E-state index contributed by atoms with van der Waals surface area (Å²) >= 11 is 0. The molecule has 0 radical (unpaired) electrons. The van der Waals surface area contributed by atoms with E-state index in [0.29, 0.717) is 0 Å². The lowest BCUT2D eigenvalue weighted by Gasteiger charge is -2.12. The molecule has 0 saturated carbocycles. The highest BCUT2D eigenvalue weighted by molar-refractivity contribution is 4.70. The first-order valence-electron chi connectivity index (χ1n) is 2.79. The van der Waals surface area contributed by atoms with Gasteiger partial charge in [-0.25, -0.2) is 0 Å². The molecule has 1 N–H and O–H groups in total. The summed E-state index contributed by atoms with van der Waals surface area (Å²) in [5.74, 6) is 0. The van der Waals surface area contributed by atoms with Crippen molar-refractivity contribution in [2.24, 2.45) is 0 Å². The van der Waals surface area contributed by atoms with E-state index in [-0.39, 0.29) is 6.73 Å². The molecule has 48 valence electrons. The molecule has 2 nitrogen and oxygen atoms in total. The van der Waals surface area contributed by atoms with Crippen LogP contribution in [0, 0.1) is 0 Å². The lowest BCUT2D eigenvalue weighted by atomic mass is 10.5. The SMILES string of the molecule is C=CCN(CC)CO. The molecule has 8 heavy (non-hydrogen) atoms. The third kappa shape index (κ3) is 2.77. The Morgan fingerprint density at radius 2 is 2.38 bits per heavy atom. The van der Waals surface area contributed by atoms with Gasteiger partial charge in [0, 0.05) is 6.54 Å². The van der Waals surface area contributed by atoms with Crippen LogP contribution in [0.1, 0.15) is 6.92 Å². The highest BCUT2D eigenvalue weighted by Gasteiger charge is 1.92. The first-order valence-corrected chi connectivity index (χ1v) is 2.79. The molecule has 0 amide bonds. The van der Waals surface area contributed by atoms with Gasteiger partial charge in [-0.3, -0.25) is 4.90 Å². The monoisotopic (exact) mass is 115 g/mol. The summed E-state index contributed by atoms with van der Waals surface area (Å²) in [5.41, 5.74) is 0. The quantitative estimate of drug-likeness (QED) is 0.424. The maximum absolute atomic E-state index is 8.54.